The Morgan fingerprint density at radius 2 is 1.84 bits per heavy atom. The van der Waals surface area contributed by atoms with Crippen molar-refractivity contribution < 1.29 is 4.79 Å². The molecule has 0 aliphatic carbocycles. The smallest absolute Gasteiger partial charge is 0.248 e. The highest BCUT2D eigenvalue weighted by Gasteiger charge is 2.11. The number of amides is 1. The van der Waals surface area contributed by atoms with E-state index in [-0.39, 0.29) is 6.41 Å². The van der Waals surface area contributed by atoms with Gasteiger partial charge in [-0.05, 0) is 61.5 Å². The van der Waals surface area contributed by atoms with E-state index in [9.17, 15) is 0 Å². The number of carbonyl (C=O) groups is 1. The number of carbonyl (C=O) groups excluding carboxylic acids is 1. The fourth-order valence-corrected chi connectivity index (χ4v) is 3.27. The minimum absolute atomic E-state index is 0.250. The van der Waals surface area contributed by atoms with Crippen LogP contribution in [0.4, 0.5) is 17.6 Å². The van der Waals surface area contributed by atoms with Crippen molar-refractivity contribution in [2.45, 2.75) is 13.0 Å². The summed E-state index contributed by atoms with van der Waals surface area (Å²) in [5, 5.41) is 11.0. The van der Waals surface area contributed by atoms with Gasteiger partial charge in [0.2, 0.25) is 18.3 Å². The van der Waals surface area contributed by atoms with Crippen LogP contribution in [0.15, 0.2) is 54.7 Å². The van der Waals surface area contributed by atoms with Gasteiger partial charge in [0.05, 0.1) is 5.69 Å². The van der Waals surface area contributed by atoms with Gasteiger partial charge in [-0.25, -0.2) is 0 Å². The largest absolute Gasteiger partial charge is 0.390 e. The molecule has 9 nitrogen and oxygen atoms in total. The average Bonchev–Trinajstić information content (AvgIpc) is 3.40. The molecule has 1 aliphatic rings. The molecule has 162 valence electrons. The third kappa shape index (κ3) is 5.83. The zero-order valence-corrected chi connectivity index (χ0v) is 17.7. The van der Waals surface area contributed by atoms with Crippen molar-refractivity contribution in [2.24, 2.45) is 5.73 Å². The standard InChI is InChI=1S/C21H25N7.CH3NO/c1-27(2)14-15-3-7-18(8-4-15)24-21-25-20(22)28(26-21)19-9-5-16(6-10-19)17-11-12-23-13-17;2-1-3/h3-10,13,23H,11-12,14H2,1-2H3,(H3,22,24,25,26);1H,(H2,2,3). The third-order valence-corrected chi connectivity index (χ3v) is 4.64. The molecule has 31 heavy (non-hydrogen) atoms. The lowest BCUT2D eigenvalue weighted by Gasteiger charge is -2.10. The van der Waals surface area contributed by atoms with Crippen molar-refractivity contribution in [3.8, 4) is 5.69 Å². The van der Waals surface area contributed by atoms with Crippen LogP contribution in [0.25, 0.3) is 11.3 Å². The van der Waals surface area contributed by atoms with Crippen LogP contribution >= 0.6 is 0 Å². The molecule has 0 radical (unpaired) electrons. The summed E-state index contributed by atoms with van der Waals surface area (Å²) in [6.07, 6.45) is 3.37. The van der Waals surface area contributed by atoms with E-state index in [4.69, 9.17) is 10.5 Å². The molecular weight excluding hydrogens is 392 g/mol. The number of nitrogens with zero attached hydrogens (tertiary/aromatic N) is 4. The Morgan fingerprint density at radius 3 is 2.42 bits per heavy atom. The van der Waals surface area contributed by atoms with Crippen molar-refractivity contribution in [3.05, 3.63) is 65.9 Å². The summed E-state index contributed by atoms with van der Waals surface area (Å²) in [5.74, 6) is 0.825. The quantitative estimate of drug-likeness (QED) is 0.450. The molecule has 2 heterocycles. The normalized spacial score (nSPS) is 12.5. The first-order valence-corrected chi connectivity index (χ1v) is 9.92. The second-order valence-electron chi connectivity index (χ2n) is 7.32. The molecule has 0 saturated carbocycles. The van der Waals surface area contributed by atoms with Crippen molar-refractivity contribution in [2.75, 3.05) is 31.7 Å². The SMILES string of the molecule is CN(C)Cc1ccc(Nc2nc(N)n(-c3ccc(C4=CNCC4)cc3)n2)cc1.NC=O. The first-order chi connectivity index (χ1) is 15.0. The molecule has 0 bridgehead atoms. The van der Waals surface area contributed by atoms with Crippen LogP contribution in [0.5, 0.6) is 0 Å². The number of aromatic nitrogens is 3. The Hall–Kier alpha value is -3.85. The number of primary amides is 1. The van der Waals surface area contributed by atoms with Gasteiger partial charge in [0, 0.05) is 25.0 Å². The Labute approximate surface area is 181 Å². The van der Waals surface area contributed by atoms with Gasteiger partial charge >= 0.3 is 0 Å². The maximum absolute atomic E-state index is 8.58. The van der Waals surface area contributed by atoms with E-state index in [1.807, 2.05) is 24.3 Å². The maximum Gasteiger partial charge on any atom is 0.248 e. The molecule has 1 amide bonds. The van der Waals surface area contributed by atoms with E-state index >= 15 is 0 Å². The average molecular weight is 421 g/mol. The van der Waals surface area contributed by atoms with E-state index in [1.165, 1.54) is 16.7 Å². The van der Waals surface area contributed by atoms with Gasteiger partial charge in [0.1, 0.15) is 0 Å². The topological polar surface area (TPSA) is 127 Å². The molecule has 0 fully saturated rings. The minimum atomic E-state index is 0.250. The number of nitrogen functional groups attached to an aromatic ring is 1. The van der Waals surface area contributed by atoms with Crippen molar-refractivity contribution in [1.82, 2.24) is 25.0 Å². The molecule has 0 atom stereocenters. The van der Waals surface area contributed by atoms with E-state index in [0.717, 1.165) is 30.9 Å². The lowest BCUT2D eigenvalue weighted by molar-refractivity contribution is -0.106. The predicted molar refractivity (Wildman–Crippen MR) is 124 cm³/mol. The van der Waals surface area contributed by atoms with Crippen LogP contribution in [-0.2, 0) is 11.3 Å². The Kier molecular flexibility index (Phi) is 7.23. The monoisotopic (exact) mass is 420 g/mol. The molecular formula is C22H28N8O. The van der Waals surface area contributed by atoms with Gasteiger partial charge in [-0.3, -0.25) is 4.79 Å². The molecule has 0 unspecified atom stereocenters. The highest BCUT2D eigenvalue weighted by atomic mass is 16.1. The summed E-state index contributed by atoms with van der Waals surface area (Å²) in [6.45, 7) is 1.90. The second kappa shape index (κ2) is 10.3. The zero-order chi connectivity index (χ0) is 22.2. The lowest BCUT2D eigenvalue weighted by atomic mass is 10.1. The van der Waals surface area contributed by atoms with Crippen LogP contribution in [0.3, 0.4) is 0 Å². The fourth-order valence-electron chi connectivity index (χ4n) is 3.27. The number of rotatable bonds is 6. The summed E-state index contributed by atoms with van der Waals surface area (Å²) in [7, 11) is 4.11. The van der Waals surface area contributed by atoms with E-state index < -0.39 is 0 Å². The van der Waals surface area contributed by atoms with Gasteiger partial charge in [-0.1, -0.05) is 24.3 Å². The van der Waals surface area contributed by atoms with Crippen molar-refractivity contribution in [3.63, 3.8) is 0 Å². The number of hydrogen-bond donors (Lipinski definition) is 4. The van der Waals surface area contributed by atoms with Gasteiger partial charge in [-0.15, -0.1) is 5.10 Å². The molecule has 1 aliphatic heterocycles. The number of anilines is 3. The van der Waals surface area contributed by atoms with Gasteiger partial charge < -0.3 is 27.0 Å². The summed E-state index contributed by atoms with van der Waals surface area (Å²) < 4.78 is 1.65. The Morgan fingerprint density at radius 1 is 1.16 bits per heavy atom. The molecule has 0 spiro atoms. The van der Waals surface area contributed by atoms with Gasteiger partial charge in [0.25, 0.3) is 0 Å². The van der Waals surface area contributed by atoms with Crippen LogP contribution < -0.4 is 22.1 Å². The highest BCUT2D eigenvalue weighted by Crippen LogP contribution is 2.23. The first-order valence-electron chi connectivity index (χ1n) is 9.92. The van der Waals surface area contributed by atoms with Crippen LogP contribution in [0, 0.1) is 0 Å². The molecule has 1 aromatic heterocycles. The number of nitrogens with one attached hydrogen (secondary N) is 2. The first kappa shape index (κ1) is 21.8. The van der Waals surface area contributed by atoms with Gasteiger partial charge in [-0.2, -0.15) is 9.67 Å². The van der Waals surface area contributed by atoms with Crippen LogP contribution in [0.1, 0.15) is 17.5 Å². The highest BCUT2D eigenvalue weighted by molar-refractivity contribution is 5.68. The van der Waals surface area contributed by atoms with Crippen molar-refractivity contribution >= 4 is 29.6 Å². The fraction of sp³-hybridized carbons (Fsp3) is 0.227. The zero-order valence-electron chi connectivity index (χ0n) is 17.7. The number of benzene rings is 2. The molecule has 9 heteroatoms. The number of nitrogens with two attached hydrogens (primary N) is 2. The molecule has 6 N–H and O–H groups in total. The molecule has 4 rings (SSSR count). The lowest BCUT2D eigenvalue weighted by Crippen LogP contribution is -2.10. The Bertz CT molecular complexity index is 1020. The summed E-state index contributed by atoms with van der Waals surface area (Å²) in [4.78, 5) is 15.1. The number of hydrogen-bond acceptors (Lipinski definition) is 7. The third-order valence-electron chi connectivity index (χ3n) is 4.64. The second-order valence-corrected chi connectivity index (χ2v) is 7.32. The summed E-state index contributed by atoms with van der Waals surface area (Å²) in [6, 6.07) is 16.4. The van der Waals surface area contributed by atoms with Crippen LogP contribution in [0.2, 0.25) is 0 Å². The van der Waals surface area contributed by atoms with Crippen molar-refractivity contribution in [1.29, 1.82) is 0 Å². The van der Waals surface area contributed by atoms with Crippen LogP contribution in [-0.4, -0.2) is 46.7 Å². The summed E-state index contributed by atoms with van der Waals surface area (Å²) in [5.41, 5.74) is 15.8. The minimum Gasteiger partial charge on any atom is -0.390 e. The van der Waals surface area contributed by atoms with E-state index in [1.54, 1.807) is 4.68 Å². The van der Waals surface area contributed by atoms with E-state index in [0.29, 0.717) is 11.9 Å². The molecule has 2 aromatic carbocycles. The van der Waals surface area contributed by atoms with E-state index in [2.05, 4.69) is 75.9 Å². The van der Waals surface area contributed by atoms with Gasteiger partial charge in [0.15, 0.2) is 0 Å². The maximum atomic E-state index is 8.58. The Balaban J connectivity index is 0.000000858. The summed E-state index contributed by atoms with van der Waals surface area (Å²) >= 11 is 0. The molecule has 0 saturated heterocycles. The predicted octanol–water partition coefficient (Wildman–Crippen LogP) is 2.09. The molecule has 3 aromatic rings.